The number of carbonyl (C=O) groups excluding carboxylic acids is 3. The number of hydrogen-bond acceptors (Lipinski definition) is 8. The fourth-order valence-electron chi connectivity index (χ4n) is 5.02. The van der Waals surface area contributed by atoms with Crippen molar-refractivity contribution in [3.8, 4) is 11.4 Å². The van der Waals surface area contributed by atoms with Crippen molar-refractivity contribution in [2.24, 2.45) is 0 Å². The van der Waals surface area contributed by atoms with Crippen LogP contribution in [0, 0.1) is 5.82 Å². The molecule has 5 rings (SSSR count). The van der Waals surface area contributed by atoms with Gasteiger partial charge in [0.05, 0.1) is 12.7 Å². The number of ether oxygens (including phenoxy) is 2. The van der Waals surface area contributed by atoms with Crippen LogP contribution in [-0.2, 0) is 17.8 Å². The Bertz CT molecular complexity index is 1980. The standard InChI is InChI=1S/C35H33FN6O6/c1-23(2)40(26-17-18-30(47-3)28(21-26)33(44)48-22-25-13-8-5-9-14-25)34(45)42-35(46)41(38-39-42)31-27(15-10-16-29(31)36)32(43)37-20-19-24-11-6-4-7-12-24/h4-18,21,23H,19-20,22H2,1-3H3,(H,37,43). The van der Waals surface area contributed by atoms with E-state index in [1.54, 1.807) is 13.8 Å². The van der Waals surface area contributed by atoms with Crippen LogP contribution in [0.25, 0.3) is 5.69 Å². The second kappa shape index (κ2) is 15.0. The van der Waals surface area contributed by atoms with Gasteiger partial charge in [-0.15, -0.1) is 4.68 Å². The van der Waals surface area contributed by atoms with E-state index in [0.717, 1.165) is 17.2 Å². The SMILES string of the molecule is COc1ccc(N(C(=O)n2nnn(-c3c(F)cccc3C(=O)NCCc3ccccc3)c2=O)C(C)C)cc1C(=O)OCc1ccccc1. The first-order valence-electron chi connectivity index (χ1n) is 15.1. The van der Waals surface area contributed by atoms with Crippen LogP contribution in [0.2, 0.25) is 0 Å². The van der Waals surface area contributed by atoms with Crippen molar-refractivity contribution in [3.63, 3.8) is 0 Å². The van der Waals surface area contributed by atoms with Crippen molar-refractivity contribution >= 4 is 23.6 Å². The summed E-state index contributed by atoms with van der Waals surface area (Å²) < 4.78 is 27.1. The first-order chi connectivity index (χ1) is 23.2. The first kappa shape index (κ1) is 33.3. The predicted octanol–water partition coefficient (Wildman–Crippen LogP) is 4.79. The van der Waals surface area contributed by atoms with E-state index in [1.807, 2.05) is 60.7 Å². The summed E-state index contributed by atoms with van der Waals surface area (Å²) in [4.78, 5) is 54.8. The van der Waals surface area contributed by atoms with E-state index in [4.69, 9.17) is 9.47 Å². The highest BCUT2D eigenvalue weighted by atomic mass is 19.1. The van der Waals surface area contributed by atoms with Gasteiger partial charge in [0.1, 0.15) is 29.4 Å². The molecule has 0 bridgehead atoms. The number of aromatic nitrogens is 4. The molecule has 5 aromatic rings. The average Bonchev–Trinajstić information content (AvgIpc) is 3.48. The molecule has 2 amide bonds. The molecule has 0 aliphatic carbocycles. The van der Waals surface area contributed by atoms with Crippen LogP contribution in [0.4, 0.5) is 14.9 Å². The fraction of sp³-hybridized carbons (Fsp3) is 0.200. The van der Waals surface area contributed by atoms with Gasteiger partial charge in [-0.2, -0.15) is 4.68 Å². The van der Waals surface area contributed by atoms with Gasteiger partial charge in [0.15, 0.2) is 0 Å². The van der Waals surface area contributed by atoms with Crippen LogP contribution in [0.1, 0.15) is 45.7 Å². The van der Waals surface area contributed by atoms with E-state index in [0.29, 0.717) is 15.8 Å². The number of halogens is 1. The molecular formula is C35H33FN6O6. The molecule has 48 heavy (non-hydrogen) atoms. The third-order valence-corrected chi connectivity index (χ3v) is 7.36. The Morgan fingerprint density at radius 3 is 2.23 bits per heavy atom. The van der Waals surface area contributed by atoms with Crippen LogP contribution < -0.4 is 20.6 Å². The normalized spacial score (nSPS) is 10.9. The van der Waals surface area contributed by atoms with E-state index in [1.165, 1.54) is 42.3 Å². The third-order valence-electron chi connectivity index (χ3n) is 7.36. The van der Waals surface area contributed by atoms with Crippen molar-refractivity contribution in [1.29, 1.82) is 0 Å². The minimum atomic E-state index is -1.11. The number of tetrazole rings is 1. The van der Waals surface area contributed by atoms with E-state index in [9.17, 15) is 19.2 Å². The van der Waals surface area contributed by atoms with Crippen LogP contribution >= 0.6 is 0 Å². The molecule has 1 heterocycles. The van der Waals surface area contributed by atoms with Gasteiger partial charge < -0.3 is 14.8 Å². The number of esters is 1. The zero-order valence-corrected chi connectivity index (χ0v) is 26.5. The molecule has 0 atom stereocenters. The molecule has 13 heteroatoms. The van der Waals surface area contributed by atoms with Crippen LogP contribution in [-0.4, -0.2) is 57.4 Å². The highest BCUT2D eigenvalue weighted by Gasteiger charge is 2.29. The summed E-state index contributed by atoms with van der Waals surface area (Å²) in [5.41, 5.74) is 0.331. The zero-order valence-electron chi connectivity index (χ0n) is 26.5. The molecule has 0 unspecified atom stereocenters. The Morgan fingerprint density at radius 2 is 1.56 bits per heavy atom. The highest BCUT2D eigenvalue weighted by Crippen LogP contribution is 2.28. The Kier molecular flexibility index (Phi) is 10.4. The van der Waals surface area contributed by atoms with Crippen molar-refractivity contribution in [2.45, 2.75) is 32.9 Å². The van der Waals surface area contributed by atoms with E-state index >= 15 is 4.39 Å². The summed E-state index contributed by atoms with van der Waals surface area (Å²) in [6, 6.07) is 25.3. The molecule has 0 fully saturated rings. The first-order valence-corrected chi connectivity index (χ1v) is 15.1. The molecular weight excluding hydrogens is 619 g/mol. The number of methoxy groups -OCH3 is 1. The van der Waals surface area contributed by atoms with Crippen molar-refractivity contribution < 1.29 is 28.2 Å². The highest BCUT2D eigenvalue weighted by molar-refractivity contribution is 5.99. The molecule has 4 aromatic carbocycles. The van der Waals surface area contributed by atoms with Gasteiger partial charge in [-0.05, 0) is 72.2 Å². The van der Waals surface area contributed by atoms with E-state index < -0.39 is 41.1 Å². The second-order valence-corrected chi connectivity index (χ2v) is 10.9. The maximum Gasteiger partial charge on any atom is 0.377 e. The molecule has 0 aliphatic rings. The zero-order chi connectivity index (χ0) is 34.2. The second-order valence-electron chi connectivity index (χ2n) is 10.9. The number of amides is 2. The summed E-state index contributed by atoms with van der Waals surface area (Å²) in [5.74, 6) is -2.03. The van der Waals surface area contributed by atoms with Gasteiger partial charge in [0, 0.05) is 18.3 Å². The maximum absolute atomic E-state index is 15.2. The van der Waals surface area contributed by atoms with Crippen molar-refractivity contribution in [2.75, 3.05) is 18.6 Å². The number of benzene rings is 4. The van der Waals surface area contributed by atoms with Gasteiger partial charge in [-0.1, -0.05) is 66.7 Å². The van der Waals surface area contributed by atoms with Crippen LogP contribution in [0.3, 0.4) is 0 Å². The minimum Gasteiger partial charge on any atom is -0.496 e. The number of hydrogen-bond donors (Lipinski definition) is 1. The Balaban J connectivity index is 1.41. The Morgan fingerprint density at radius 1 is 0.875 bits per heavy atom. The van der Waals surface area contributed by atoms with Crippen LogP contribution in [0.5, 0.6) is 5.75 Å². The lowest BCUT2D eigenvalue weighted by Gasteiger charge is -2.26. The van der Waals surface area contributed by atoms with Crippen LogP contribution in [0.15, 0.2) is 102 Å². The number of nitrogens with zero attached hydrogens (tertiary/aromatic N) is 5. The molecule has 0 aliphatic heterocycles. The molecule has 1 aromatic heterocycles. The third kappa shape index (κ3) is 7.30. The van der Waals surface area contributed by atoms with Crippen molar-refractivity contribution in [1.82, 2.24) is 25.1 Å². The quantitative estimate of drug-likeness (QED) is 0.159. The molecule has 0 saturated carbocycles. The summed E-state index contributed by atoms with van der Waals surface area (Å²) in [7, 11) is 1.40. The predicted molar refractivity (Wildman–Crippen MR) is 175 cm³/mol. The molecule has 0 radical (unpaired) electrons. The molecule has 0 saturated heterocycles. The summed E-state index contributed by atoms with van der Waals surface area (Å²) in [5, 5.41) is 10.2. The lowest BCUT2D eigenvalue weighted by Crippen LogP contribution is -2.45. The van der Waals surface area contributed by atoms with Gasteiger partial charge in [-0.3, -0.25) is 9.69 Å². The molecule has 1 N–H and O–H groups in total. The van der Waals surface area contributed by atoms with Gasteiger partial charge in [0.25, 0.3) is 5.91 Å². The largest absolute Gasteiger partial charge is 0.496 e. The maximum atomic E-state index is 15.2. The lowest BCUT2D eigenvalue weighted by atomic mass is 10.1. The number of nitrogens with one attached hydrogen (secondary N) is 1. The number of carbonyl (C=O) groups is 3. The monoisotopic (exact) mass is 652 g/mol. The van der Waals surface area contributed by atoms with Gasteiger partial charge in [-0.25, -0.2) is 18.8 Å². The summed E-state index contributed by atoms with van der Waals surface area (Å²) in [6.07, 6.45) is 0.532. The van der Waals surface area contributed by atoms with E-state index in [-0.39, 0.29) is 35.7 Å². The minimum absolute atomic E-state index is 0.0153. The topological polar surface area (TPSA) is 138 Å². The van der Waals surface area contributed by atoms with Gasteiger partial charge >= 0.3 is 17.7 Å². The van der Waals surface area contributed by atoms with Gasteiger partial charge in [0.2, 0.25) is 0 Å². The summed E-state index contributed by atoms with van der Waals surface area (Å²) >= 11 is 0. The lowest BCUT2D eigenvalue weighted by molar-refractivity contribution is 0.0469. The fourth-order valence-corrected chi connectivity index (χ4v) is 5.02. The number of anilines is 1. The number of rotatable bonds is 11. The Labute approximate surface area is 275 Å². The smallest absolute Gasteiger partial charge is 0.377 e. The molecule has 246 valence electrons. The van der Waals surface area contributed by atoms with E-state index in [2.05, 4.69) is 15.7 Å². The summed E-state index contributed by atoms with van der Waals surface area (Å²) in [6.45, 7) is 3.66. The average molecular weight is 653 g/mol. The Hall–Kier alpha value is -6.11. The van der Waals surface area contributed by atoms with Crippen molar-refractivity contribution in [3.05, 3.63) is 136 Å². The molecule has 12 nitrogen and oxygen atoms in total. The molecule has 0 spiro atoms. The number of para-hydroxylation sites is 1.